The number of aliphatic hydroxyl groups excluding tert-OH is 3. The number of carboxylic acids is 5. The quantitative estimate of drug-likeness (QED) is 0.0288. The van der Waals surface area contributed by atoms with E-state index in [1.165, 1.54) is 41.5 Å². The van der Waals surface area contributed by atoms with Crippen LogP contribution in [0.5, 0.6) is 0 Å². The number of rotatable bonds is 53. The first-order valence-electron chi connectivity index (χ1n) is 36.8. The number of carboxylic acid groups (broad SMARTS) is 5. The molecule has 1 rings (SSSR count). The molecule has 116 heavy (non-hydrogen) atoms. The average molecular weight is 1650 g/mol. The van der Waals surface area contributed by atoms with Gasteiger partial charge in [-0.1, -0.05) is 71.9 Å². The Morgan fingerprint density at radius 2 is 0.569 bits per heavy atom. The molecule has 648 valence electrons. The van der Waals surface area contributed by atoms with Crippen LogP contribution in [0.2, 0.25) is 0 Å². The molecular weight excluding hydrogens is 1540 g/mol. The van der Waals surface area contributed by atoms with E-state index in [-0.39, 0.29) is 25.2 Å². The van der Waals surface area contributed by atoms with Crippen molar-refractivity contribution in [3.63, 3.8) is 0 Å². The highest BCUT2D eigenvalue weighted by Gasteiger charge is 2.40. The zero-order chi connectivity index (χ0) is 88.9. The van der Waals surface area contributed by atoms with Crippen molar-refractivity contribution in [2.75, 3.05) is 6.61 Å². The van der Waals surface area contributed by atoms with E-state index in [9.17, 15) is 142 Å². The number of hydrogen-bond acceptors (Lipinski definition) is 24. The average Bonchev–Trinajstić information content (AvgIpc) is 0.853. The number of aliphatic hydroxyl groups is 3. The van der Waals surface area contributed by atoms with Crippen LogP contribution in [0.1, 0.15) is 153 Å². The standard InChI is InChI=1S/C71H110N16O29/c1-30(2)22-42(63(108)74-34(8)60(105)85-49(29-88)57(72)102)84-71(116)56(37(11)90)87-69(114)48(28-54(100)101)83-65(110)44(24-32(5)6)80-62(107)41(19-21-51(94)95)76-61(106)40(18-20-50(92)93)77-64(109)43(23-31(3)4)81-67(112)47(27-53(98)99)82-66(111)46(26-52(96)97)79-59(104)35(9)75-70(115)55(36(10)89)86-68(113)45(25-39-16-14-13-15-17-39)78-58(103)33(7)73-38(12)91/h13-17,30-37,40-49,55-56,88-90H,18-29H2,1-12H3,(H2,72,102)(H,73,91)(H,74,108)(H,75,115)(H,76,106)(H,77,109)(H,78,103)(H,79,104)(H,80,107)(H,81,112)(H,82,111)(H,83,110)(H,84,116)(H,85,105)(H,86,113)(H,87,114)(H,92,93)(H,94,95)(H,96,97)(H,98,99)(H,100,101)/t33-,34-,35-,36+,37+,40-,41-,42-,43-,44-,45-,46-,47-,48-,49-,55-,56-/m0/s1. The van der Waals surface area contributed by atoms with Gasteiger partial charge < -0.3 is 126 Å². The molecule has 0 aliphatic heterocycles. The van der Waals surface area contributed by atoms with Gasteiger partial charge in [-0.2, -0.15) is 0 Å². The van der Waals surface area contributed by atoms with Gasteiger partial charge in [0.25, 0.3) is 0 Å². The fourth-order valence-electron chi connectivity index (χ4n) is 10.8. The van der Waals surface area contributed by atoms with Crippen molar-refractivity contribution in [2.24, 2.45) is 23.5 Å². The molecule has 0 saturated heterocycles. The summed E-state index contributed by atoms with van der Waals surface area (Å²) in [6.07, 6.45) is -11.9. The van der Waals surface area contributed by atoms with Crippen molar-refractivity contribution < 1.29 is 142 Å². The van der Waals surface area contributed by atoms with Gasteiger partial charge in [0.15, 0.2) is 0 Å². The van der Waals surface area contributed by atoms with Crippen LogP contribution < -0.4 is 85.5 Å². The molecule has 0 unspecified atom stereocenters. The zero-order valence-electron chi connectivity index (χ0n) is 66.1. The van der Waals surface area contributed by atoms with E-state index < -0.39 is 297 Å². The Kier molecular flexibility index (Phi) is 44.2. The van der Waals surface area contributed by atoms with E-state index in [2.05, 4.69) is 69.1 Å². The Balaban J connectivity index is 3.62. The molecule has 45 heteroatoms. The van der Waals surface area contributed by atoms with Gasteiger partial charge in [0.1, 0.15) is 90.6 Å². The van der Waals surface area contributed by atoms with E-state index in [4.69, 9.17) is 5.73 Å². The first-order valence-corrected chi connectivity index (χ1v) is 36.8. The van der Waals surface area contributed by atoms with Gasteiger partial charge in [0.05, 0.1) is 38.1 Å². The minimum atomic E-state index is -2.24. The van der Waals surface area contributed by atoms with Crippen molar-refractivity contribution in [1.82, 2.24) is 79.8 Å². The van der Waals surface area contributed by atoms with E-state index in [1.807, 2.05) is 10.6 Å². The predicted octanol–water partition coefficient (Wildman–Crippen LogP) is -7.89. The van der Waals surface area contributed by atoms with E-state index >= 15 is 0 Å². The maximum absolute atomic E-state index is 14.3. The van der Waals surface area contributed by atoms with Crippen molar-refractivity contribution in [3.05, 3.63) is 35.9 Å². The zero-order valence-corrected chi connectivity index (χ0v) is 66.1. The molecule has 0 bridgehead atoms. The lowest BCUT2D eigenvalue weighted by molar-refractivity contribution is -0.143. The third kappa shape index (κ3) is 38.7. The first kappa shape index (κ1) is 102. The Bertz CT molecular complexity index is 3670. The number of aliphatic carboxylic acids is 5. The van der Waals surface area contributed by atoms with Gasteiger partial charge in [-0.05, 0) is 90.0 Å². The molecule has 25 N–H and O–H groups in total. The van der Waals surface area contributed by atoms with Crippen molar-refractivity contribution >= 4 is 124 Å². The molecule has 0 aliphatic rings. The van der Waals surface area contributed by atoms with Gasteiger partial charge >= 0.3 is 29.8 Å². The summed E-state index contributed by atoms with van der Waals surface area (Å²) in [5.74, 6) is -29.0. The van der Waals surface area contributed by atoms with Crippen LogP contribution in [0.3, 0.4) is 0 Å². The van der Waals surface area contributed by atoms with Crippen LogP contribution >= 0.6 is 0 Å². The summed E-state index contributed by atoms with van der Waals surface area (Å²) in [5, 5.41) is 113. The Morgan fingerprint density at radius 3 is 0.888 bits per heavy atom. The monoisotopic (exact) mass is 1650 g/mol. The van der Waals surface area contributed by atoms with Gasteiger partial charge in [-0.25, -0.2) is 0 Å². The molecular formula is C71H110N16O29. The van der Waals surface area contributed by atoms with Crippen LogP contribution in [0.25, 0.3) is 0 Å². The number of carbonyl (C=O) groups is 21. The molecule has 17 atom stereocenters. The van der Waals surface area contributed by atoms with Crippen LogP contribution in [-0.2, 0) is 107 Å². The summed E-state index contributed by atoms with van der Waals surface area (Å²) >= 11 is 0. The number of carbonyl (C=O) groups excluding carboxylic acids is 16. The number of benzene rings is 1. The van der Waals surface area contributed by atoms with E-state index in [0.717, 1.165) is 27.7 Å². The second kappa shape index (κ2) is 50.2. The molecule has 0 aromatic heterocycles. The molecule has 0 spiro atoms. The predicted molar refractivity (Wildman–Crippen MR) is 400 cm³/mol. The van der Waals surface area contributed by atoms with Gasteiger partial charge in [0, 0.05) is 26.2 Å². The minimum Gasteiger partial charge on any atom is -0.481 e. The van der Waals surface area contributed by atoms with E-state index in [1.54, 1.807) is 44.2 Å². The maximum atomic E-state index is 14.3. The van der Waals surface area contributed by atoms with Crippen LogP contribution in [0.15, 0.2) is 30.3 Å². The normalized spacial score (nSPS) is 15.5. The molecule has 0 fully saturated rings. The Morgan fingerprint density at radius 1 is 0.310 bits per heavy atom. The second-order valence-corrected chi connectivity index (χ2v) is 28.8. The number of primary amides is 1. The topological polar surface area (TPSA) is 727 Å². The summed E-state index contributed by atoms with van der Waals surface area (Å²) < 4.78 is 0. The van der Waals surface area contributed by atoms with Crippen molar-refractivity contribution in [2.45, 2.75) is 257 Å². The number of nitrogens with two attached hydrogens (primary N) is 1. The third-order valence-corrected chi connectivity index (χ3v) is 16.8. The lowest BCUT2D eigenvalue weighted by Gasteiger charge is -2.29. The minimum absolute atomic E-state index is 0.132. The highest BCUT2D eigenvalue weighted by atomic mass is 16.4. The Hall–Kier alpha value is -12.0. The highest BCUT2D eigenvalue weighted by Crippen LogP contribution is 2.15. The molecule has 1 aromatic carbocycles. The molecule has 0 aliphatic carbocycles. The van der Waals surface area contributed by atoms with Gasteiger partial charge in [-0.3, -0.25) is 101 Å². The lowest BCUT2D eigenvalue weighted by atomic mass is 10.00. The molecule has 0 saturated carbocycles. The molecule has 0 radical (unpaired) electrons. The van der Waals surface area contributed by atoms with Gasteiger partial charge in [-0.15, -0.1) is 0 Å². The smallest absolute Gasteiger partial charge is 0.305 e. The SMILES string of the molecule is CC(=O)N[C@@H](C)C(=O)N[C@@H](Cc1ccccc1)C(=O)N[C@H](C(=O)N[C@@H](C)C(=O)N[C@@H](CC(=O)O)C(=O)N[C@@H](CC(=O)O)C(=O)N[C@@H](CC(C)C)C(=O)N[C@@H](CCC(=O)O)C(=O)N[C@@H](CCC(=O)O)C(=O)N[C@@H](CC(C)C)C(=O)N[C@@H](CC(=O)O)C(=O)N[C@H](C(=O)N[C@@H](CC(C)C)C(=O)N[C@@H](C)C(=O)N[C@@H](CO)C(N)=O)[C@@H](C)O)[C@@H](C)O. The fraction of sp³-hybridized carbons (Fsp3) is 0.620. The summed E-state index contributed by atoms with van der Waals surface area (Å²) in [4.78, 5) is 277. The van der Waals surface area contributed by atoms with Crippen LogP contribution in [-0.4, -0.2) is 275 Å². The van der Waals surface area contributed by atoms with Crippen LogP contribution in [0.4, 0.5) is 0 Å². The summed E-state index contributed by atoms with van der Waals surface area (Å²) in [7, 11) is 0. The third-order valence-electron chi connectivity index (χ3n) is 16.8. The van der Waals surface area contributed by atoms with Crippen molar-refractivity contribution in [3.8, 4) is 0 Å². The largest absolute Gasteiger partial charge is 0.481 e. The maximum Gasteiger partial charge on any atom is 0.305 e. The molecule has 16 amide bonds. The second-order valence-electron chi connectivity index (χ2n) is 28.8. The van der Waals surface area contributed by atoms with Gasteiger partial charge in [0.2, 0.25) is 94.5 Å². The molecule has 45 nitrogen and oxygen atoms in total. The summed E-state index contributed by atoms with van der Waals surface area (Å²) in [6, 6.07) is -18.7. The number of amides is 16. The van der Waals surface area contributed by atoms with Crippen molar-refractivity contribution in [1.29, 1.82) is 0 Å². The molecule has 1 aromatic rings. The number of nitrogens with one attached hydrogen (secondary N) is 15. The first-order chi connectivity index (χ1) is 53.9. The highest BCUT2D eigenvalue weighted by molar-refractivity contribution is 6.02. The lowest BCUT2D eigenvalue weighted by Crippen LogP contribution is -2.62. The van der Waals surface area contributed by atoms with E-state index in [0.29, 0.717) is 5.56 Å². The number of hydrogen-bond donors (Lipinski definition) is 24. The summed E-state index contributed by atoms with van der Waals surface area (Å²) in [6.45, 7) is 15.3. The molecule has 0 heterocycles. The fourth-order valence-corrected chi connectivity index (χ4v) is 10.8. The summed E-state index contributed by atoms with van der Waals surface area (Å²) in [5.41, 5.74) is 5.68. The Labute approximate surface area is 665 Å². The van der Waals surface area contributed by atoms with Crippen LogP contribution in [0, 0.1) is 17.8 Å².